The number of benzene rings is 1. The second-order valence-corrected chi connectivity index (χ2v) is 9.29. The molecule has 3 heterocycles. The normalized spacial score (nSPS) is 19.5. The SMILES string of the molecule is Cc1cc(CNC(=O)CN2CCC3(CCCCc4ccccc4OCCNC3=O)CC2)n[nH]1. The van der Waals surface area contributed by atoms with E-state index < -0.39 is 0 Å². The van der Waals surface area contributed by atoms with Crippen LogP contribution in [-0.4, -0.2) is 59.7 Å². The first kappa shape index (κ1) is 23.3. The van der Waals surface area contributed by atoms with Crippen LogP contribution in [0.4, 0.5) is 0 Å². The van der Waals surface area contributed by atoms with Crippen molar-refractivity contribution >= 4 is 11.8 Å². The number of aromatic amines is 1. The Labute approximate surface area is 195 Å². The molecule has 2 amide bonds. The Morgan fingerprint density at radius 3 is 2.82 bits per heavy atom. The molecule has 0 aliphatic carbocycles. The minimum atomic E-state index is -0.349. The van der Waals surface area contributed by atoms with E-state index in [-0.39, 0.29) is 17.2 Å². The number of aromatic nitrogens is 2. The number of piperidine rings is 1. The molecule has 1 fully saturated rings. The Morgan fingerprint density at radius 1 is 1.21 bits per heavy atom. The van der Waals surface area contributed by atoms with E-state index in [0.29, 0.717) is 26.2 Å². The topological polar surface area (TPSA) is 99.4 Å². The van der Waals surface area contributed by atoms with Gasteiger partial charge in [-0.15, -0.1) is 0 Å². The number of likely N-dealkylation sites (tertiary alicyclic amines) is 1. The van der Waals surface area contributed by atoms with Gasteiger partial charge in [-0.3, -0.25) is 19.6 Å². The number of fused-ring (bicyclic) bond motifs is 1. The van der Waals surface area contributed by atoms with Crippen molar-refractivity contribution in [2.75, 3.05) is 32.8 Å². The maximum Gasteiger partial charge on any atom is 0.234 e. The molecule has 0 bridgehead atoms. The van der Waals surface area contributed by atoms with Crippen LogP contribution in [0.5, 0.6) is 5.75 Å². The van der Waals surface area contributed by atoms with E-state index in [1.807, 2.05) is 25.1 Å². The van der Waals surface area contributed by atoms with E-state index in [4.69, 9.17) is 4.74 Å². The number of amides is 2. The van der Waals surface area contributed by atoms with Gasteiger partial charge in [0.2, 0.25) is 11.8 Å². The molecule has 2 aliphatic heterocycles. The molecule has 0 radical (unpaired) electrons. The number of H-pyrrole nitrogens is 1. The fourth-order valence-corrected chi connectivity index (χ4v) is 4.89. The standard InChI is InChI=1S/C25H35N5O3/c1-19-16-21(29-28-19)17-27-23(31)18-30-13-10-25(11-14-30)9-5-4-7-20-6-2-3-8-22(20)33-15-12-26-24(25)32/h2-3,6,8,16H,4-5,7,9-15,17-18H2,1H3,(H,26,32)(H,27,31)(H,28,29). The maximum absolute atomic E-state index is 13.2. The molecule has 0 saturated carbocycles. The van der Waals surface area contributed by atoms with E-state index in [0.717, 1.165) is 68.8 Å². The summed E-state index contributed by atoms with van der Waals surface area (Å²) in [6, 6.07) is 10.1. The molecule has 2 aliphatic rings. The highest BCUT2D eigenvalue weighted by Gasteiger charge is 2.40. The van der Waals surface area contributed by atoms with Gasteiger partial charge in [-0.2, -0.15) is 5.10 Å². The van der Waals surface area contributed by atoms with Crippen molar-refractivity contribution in [1.29, 1.82) is 0 Å². The second kappa shape index (κ2) is 10.8. The van der Waals surface area contributed by atoms with Gasteiger partial charge in [0.15, 0.2) is 0 Å². The van der Waals surface area contributed by atoms with E-state index in [9.17, 15) is 9.59 Å². The van der Waals surface area contributed by atoms with Crippen LogP contribution in [0.1, 0.15) is 49.1 Å². The Balaban J connectivity index is 1.29. The number of nitrogens with one attached hydrogen (secondary N) is 3. The smallest absolute Gasteiger partial charge is 0.234 e. The van der Waals surface area contributed by atoms with Crippen LogP contribution in [0, 0.1) is 12.3 Å². The van der Waals surface area contributed by atoms with Crippen LogP contribution in [0.15, 0.2) is 30.3 Å². The third-order valence-electron chi connectivity index (χ3n) is 6.86. The predicted octanol–water partition coefficient (Wildman–Crippen LogP) is 2.34. The summed E-state index contributed by atoms with van der Waals surface area (Å²) in [6.07, 6.45) is 5.46. The zero-order chi connectivity index (χ0) is 23.1. The Bertz CT molecular complexity index is 949. The van der Waals surface area contributed by atoms with Crippen molar-refractivity contribution in [3.8, 4) is 5.75 Å². The summed E-state index contributed by atoms with van der Waals surface area (Å²) in [5.74, 6) is 1.06. The summed E-state index contributed by atoms with van der Waals surface area (Å²) in [7, 11) is 0. The van der Waals surface area contributed by atoms with Crippen LogP contribution < -0.4 is 15.4 Å². The van der Waals surface area contributed by atoms with Crippen LogP contribution in [0.3, 0.4) is 0 Å². The first-order valence-electron chi connectivity index (χ1n) is 12.0. The average molecular weight is 454 g/mol. The van der Waals surface area contributed by atoms with Crippen molar-refractivity contribution in [2.24, 2.45) is 5.41 Å². The van der Waals surface area contributed by atoms with Gasteiger partial charge < -0.3 is 15.4 Å². The molecule has 1 aromatic carbocycles. The fourth-order valence-electron chi connectivity index (χ4n) is 4.89. The highest BCUT2D eigenvalue weighted by molar-refractivity contribution is 5.83. The summed E-state index contributed by atoms with van der Waals surface area (Å²) in [5, 5.41) is 13.1. The van der Waals surface area contributed by atoms with Crippen molar-refractivity contribution in [1.82, 2.24) is 25.7 Å². The molecule has 8 nitrogen and oxygen atoms in total. The lowest BCUT2D eigenvalue weighted by Gasteiger charge is -2.40. The summed E-state index contributed by atoms with van der Waals surface area (Å²) < 4.78 is 5.93. The number of carbonyl (C=O) groups is 2. The number of para-hydroxylation sites is 1. The number of hydrogen-bond donors (Lipinski definition) is 3. The third kappa shape index (κ3) is 6.13. The molecule has 1 spiro atoms. The minimum Gasteiger partial charge on any atom is -0.491 e. The third-order valence-corrected chi connectivity index (χ3v) is 6.86. The van der Waals surface area contributed by atoms with Gasteiger partial charge in [0.25, 0.3) is 0 Å². The zero-order valence-corrected chi connectivity index (χ0v) is 19.5. The number of ether oxygens (including phenoxy) is 1. The lowest BCUT2D eigenvalue weighted by Crippen LogP contribution is -2.51. The van der Waals surface area contributed by atoms with E-state index in [2.05, 4.69) is 37.9 Å². The number of hydrogen-bond acceptors (Lipinski definition) is 5. The lowest BCUT2D eigenvalue weighted by atomic mass is 9.73. The number of aryl methyl sites for hydroxylation is 2. The number of carbonyl (C=O) groups excluding carboxylic acids is 2. The van der Waals surface area contributed by atoms with Gasteiger partial charge >= 0.3 is 0 Å². The molecule has 2 aromatic rings. The largest absolute Gasteiger partial charge is 0.491 e. The van der Waals surface area contributed by atoms with Gasteiger partial charge in [0.05, 0.1) is 30.7 Å². The summed E-state index contributed by atoms with van der Waals surface area (Å²) in [5.41, 5.74) is 2.70. The summed E-state index contributed by atoms with van der Waals surface area (Å²) >= 11 is 0. The monoisotopic (exact) mass is 453 g/mol. The maximum atomic E-state index is 13.2. The van der Waals surface area contributed by atoms with Gasteiger partial charge in [0.1, 0.15) is 12.4 Å². The van der Waals surface area contributed by atoms with Crippen LogP contribution >= 0.6 is 0 Å². The van der Waals surface area contributed by atoms with Gasteiger partial charge in [0, 0.05) is 5.69 Å². The Hall–Kier alpha value is -2.87. The first-order chi connectivity index (χ1) is 16.0. The van der Waals surface area contributed by atoms with Gasteiger partial charge in [-0.1, -0.05) is 24.6 Å². The number of nitrogens with zero attached hydrogens (tertiary/aromatic N) is 2. The molecular weight excluding hydrogens is 418 g/mol. The van der Waals surface area contributed by atoms with Crippen LogP contribution in [-0.2, 0) is 22.6 Å². The van der Waals surface area contributed by atoms with E-state index in [1.54, 1.807) is 0 Å². The van der Waals surface area contributed by atoms with E-state index in [1.165, 1.54) is 5.56 Å². The quantitative estimate of drug-likeness (QED) is 0.660. The molecule has 33 heavy (non-hydrogen) atoms. The van der Waals surface area contributed by atoms with Crippen LogP contribution in [0.25, 0.3) is 0 Å². The molecule has 1 aromatic heterocycles. The van der Waals surface area contributed by atoms with Gasteiger partial charge in [-0.25, -0.2) is 0 Å². The van der Waals surface area contributed by atoms with Crippen molar-refractivity contribution < 1.29 is 14.3 Å². The molecule has 1 saturated heterocycles. The first-order valence-corrected chi connectivity index (χ1v) is 12.0. The zero-order valence-electron chi connectivity index (χ0n) is 19.5. The predicted molar refractivity (Wildman–Crippen MR) is 126 cm³/mol. The molecule has 3 N–H and O–H groups in total. The van der Waals surface area contributed by atoms with E-state index >= 15 is 0 Å². The lowest BCUT2D eigenvalue weighted by molar-refractivity contribution is -0.135. The highest BCUT2D eigenvalue weighted by Crippen LogP contribution is 2.37. The minimum absolute atomic E-state index is 0.00874. The molecular formula is C25H35N5O3. The highest BCUT2D eigenvalue weighted by atomic mass is 16.5. The van der Waals surface area contributed by atoms with Gasteiger partial charge in [-0.05, 0) is 69.8 Å². The Morgan fingerprint density at radius 2 is 2.03 bits per heavy atom. The second-order valence-electron chi connectivity index (χ2n) is 9.29. The summed E-state index contributed by atoms with van der Waals surface area (Å²) in [4.78, 5) is 27.7. The molecule has 0 unspecified atom stereocenters. The fraction of sp³-hybridized carbons (Fsp3) is 0.560. The summed E-state index contributed by atoms with van der Waals surface area (Å²) in [6.45, 7) is 5.20. The number of rotatable bonds is 4. The average Bonchev–Trinajstić information content (AvgIpc) is 3.24. The van der Waals surface area contributed by atoms with Crippen molar-refractivity contribution in [3.05, 3.63) is 47.3 Å². The Kier molecular flexibility index (Phi) is 7.65. The molecule has 8 heteroatoms. The molecule has 178 valence electrons. The molecule has 0 atom stereocenters. The van der Waals surface area contributed by atoms with Crippen molar-refractivity contribution in [2.45, 2.75) is 52.0 Å². The van der Waals surface area contributed by atoms with Crippen molar-refractivity contribution in [3.63, 3.8) is 0 Å². The van der Waals surface area contributed by atoms with Crippen LogP contribution in [0.2, 0.25) is 0 Å². The molecule has 4 rings (SSSR count).